The van der Waals surface area contributed by atoms with Gasteiger partial charge in [0.05, 0.1) is 19.2 Å². The van der Waals surface area contributed by atoms with E-state index >= 15 is 0 Å². The van der Waals surface area contributed by atoms with Crippen LogP contribution in [-0.4, -0.2) is 48.9 Å². The molecule has 15 heavy (non-hydrogen) atoms. The summed E-state index contributed by atoms with van der Waals surface area (Å²) in [5.41, 5.74) is 0. The second-order valence-electron chi connectivity index (χ2n) is 3.63. The number of hydrogen-bond donors (Lipinski definition) is 0. The van der Waals surface area contributed by atoms with E-state index in [9.17, 15) is 13.6 Å². The Balaban J connectivity index is 2.64. The van der Waals surface area contributed by atoms with Crippen LogP contribution in [0, 0.1) is 0 Å². The lowest BCUT2D eigenvalue weighted by atomic mass is 10.2. The predicted octanol–water partition coefficient (Wildman–Crippen LogP) is 1.50. The summed E-state index contributed by atoms with van der Waals surface area (Å²) in [5, 5.41) is 0. The van der Waals surface area contributed by atoms with Crippen molar-refractivity contribution in [2.75, 3.05) is 26.1 Å². The van der Waals surface area contributed by atoms with Gasteiger partial charge >= 0.3 is 0 Å². The van der Waals surface area contributed by atoms with Crippen molar-refractivity contribution in [3.05, 3.63) is 0 Å². The van der Waals surface area contributed by atoms with Crippen LogP contribution < -0.4 is 0 Å². The highest BCUT2D eigenvalue weighted by atomic mass is 35.5. The zero-order valence-electron chi connectivity index (χ0n) is 8.51. The monoisotopic (exact) mass is 241 g/mol. The molecule has 0 saturated carbocycles. The average molecular weight is 242 g/mol. The lowest BCUT2D eigenvalue weighted by Crippen LogP contribution is -2.38. The van der Waals surface area contributed by atoms with Gasteiger partial charge in [0, 0.05) is 25.8 Å². The fourth-order valence-electron chi connectivity index (χ4n) is 1.76. The molecule has 6 heteroatoms. The van der Waals surface area contributed by atoms with Gasteiger partial charge in [0.15, 0.2) is 0 Å². The topological polar surface area (TPSA) is 29.5 Å². The summed E-state index contributed by atoms with van der Waals surface area (Å²) in [7, 11) is 1.43. The van der Waals surface area contributed by atoms with Gasteiger partial charge in [-0.15, -0.1) is 11.6 Å². The molecule has 0 aromatic rings. The molecule has 0 radical (unpaired) electrons. The molecule has 88 valence electrons. The fraction of sp³-hybridized carbons (Fsp3) is 0.889. The first-order valence-electron chi connectivity index (χ1n) is 4.72. The third kappa shape index (κ3) is 3.28. The van der Waals surface area contributed by atoms with Gasteiger partial charge in [-0.05, 0) is 0 Å². The Kier molecular flexibility index (Phi) is 4.28. The maximum absolute atomic E-state index is 13.1. The minimum atomic E-state index is -2.80. The van der Waals surface area contributed by atoms with Crippen LogP contribution in [-0.2, 0) is 9.53 Å². The quantitative estimate of drug-likeness (QED) is 0.698. The molecule has 1 amide bonds. The van der Waals surface area contributed by atoms with E-state index in [-0.39, 0.29) is 31.2 Å². The van der Waals surface area contributed by atoms with Crippen LogP contribution in [0.4, 0.5) is 8.78 Å². The highest BCUT2D eigenvalue weighted by Crippen LogP contribution is 2.32. The van der Waals surface area contributed by atoms with E-state index in [1.807, 2.05) is 0 Å². The molecule has 1 fully saturated rings. The molecule has 1 atom stereocenters. The Labute approximate surface area is 92.3 Å². The Morgan fingerprint density at radius 1 is 1.67 bits per heavy atom. The number of amides is 1. The summed E-state index contributed by atoms with van der Waals surface area (Å²) in [6.07, 6.45) is -0.229. The predicted molar refractivity (Wildman–Crippen MR) is 52.3 cm³/mol. The summed E-state index contributed by atoms with van der Waals surface area (Å²) in [5.74, 6) is -2.98. The van der Waals surface area contributed by atoms with Crippen molar-refractivity contribution in [1.29, 1.82) is 0 Å². The number of hydrogen-bond acceptors (Lipinski definition) is 2. The largest absolute Gasteiger partial charge is 0.383 e. The molecule has 0 N–H and O–H groups in total. The lowest BCUT2D eigenvalue weighted by molar-refractivity contribution is -0.133. The number of nitrogens with zero attached hydrogens (tertiary/aromatic N) is 1. The van der Waals surface area contributed by atoms with Crippen LogP contribution in [0.25, 0.3) is 0 Å². The van der Waals surface area contributed by atoms with Crippen molar-refractivity contribution in [2.24, 2.45) is 0 Å². The van der Waals surface area contributed by atoms with Gasteiger partial charge in [-0.25, -0.2) is 8.78 Å². The fourth-order valence-corrected chi connectivity index (χ4v) is 1.92. The molecule has 0 bridgehead atoms. The molecule has 1 aliphatic heterocycles. The van der Waals surface area contributed by atoms with Crippen LogP contribution in [0.1, 0.15) is 12.8 Å². The second-order valence-corrected chi connectivity index (χ2v) is 4.01. The number of alkyl halides is 3. The number of halogens is 3. The normalized spacial score (nSPS) is 24.5. The van der Waals surface area contributed by atoms with Gasteiger partial charge < -0.3 is 9.64 Å². The zero-order chi connectivity index (χ0) is 11.5. The number of ether oxygens (including phenoxy) is 1. The third-order valence-electron chi connectivity index (χ3n) is 2.36. The molecular weight excluding hydrogens is 228 g/mol. The molecule has 0 spiro atoms. The minimum Gasteiger partial charge on any atom is -0.383 e. The van der Waals surface area contributed by atoms with Crippen molar-refractivity contribution in [1.82, 2.24) is 4.90 Å². The highest BCUT2D eigenvalue weighted by molar-refractivity contribution is 6.18. The van der Waals surface area contributed by atoms with E-state index in [1.165, 1.54) is 12.0 Å². The van der Waals surface area contributed by atoms with Crippen LogP contribution in [0.15, 0.2) is 0 Å². The Morgan fingerprint density at radius 3 is 2.87 bits per heavy atom. The van der Waals surface area contributed by atoms with E-state index in [2.05, 4.69) is 0 Å². The van der Waals surface area contributed by atoms with Gasteiger partial charge in [-0.1, -0.05) is 0 Å². The van der Waals surface area contributed by atoms with Crippen LogP contribution >= 0.6 is 11.6 Å². The minimum absolute atomic E-state index is 0.0951. The number of carbonyl (C=O) groups excluding carboxylic acids is 1. The summed E-state index contributed by atoms with van der Waals surface area (Å²) in [4.78, 5) is 12.6. The third-order valence-corrected chi connectivity index (χ3v) is 2.55. The van der Waals surface area contributed by atoms with E-state index in [4.69, 9.17) is 16.3 Å². The molecule has 0 aliphatic carbocycles. The van der Waals surface area contributed by atoms with E-state index in [0.29, 0.717) is 0 Å². The van der Waals surface area contributed by atoms with Gasteiger partial charge in [-0.2, -0.15) is 0 Å². The molecule has 1 aliphatic rings. The van der Waals surface area contributed by atoms with Gasteiger partial charge in [0.2, 0.25) is 5.91 Å². The highest BCUT2D eigenvalue weighted by Gasteiger charge is 2.46. The SMILES string of the molecule is COCC1CC(F)(F)CN1C(=O)CCCl. The average Bonchev–Trinajstić information content (AvgIpc) is 2.42. The first-order valence-corrected chi connectivity index (χ1v) is 5.26. The lowest BCUT2D eigenvalue weighted by Gasteiger charge is -2.22. The van der Waals surface area contributed by atoms with E-state index in [0.717, 1.165) is 0 Å². The molecule has 1 saturated heterocycles. The van der Waals surface area contributed by atoms with Crippen molar-refractivity contribution >= 4 is 17.5 Å². The number of methoxy groups -OCH3 is 1. The zero-order valence-corrected chi connectivity index (χ0v) is 9.27. The second kappa shape index (κ2) is 5.07. The smallest absolute Gasteiger partial charge is 0.267 e. The molecule has 0 aromatic carbocycles. The van der Waals surface area contributed by atoms with Crippen molar-refractivity contribution in [2.45, 2.75) is 24.8 Å². The van der Waals surface area contributed by atoms with E-state index in [1.54, 1.807) is 0 Å². The maximum Gasteiger partial charge on any atom is 0.267 e. The van der Waals surface area contributed by atoms with E-state index < -0.39 is 18.5 Å². The Bertz CT molecular complexity index is 238. The Morgan fingerprint density at radius 2 is 2.33 bits per heavy atom. The summed E-state index contributed by atoms with van der Waals surface area (Å²) in [6.45, 7) is -0.375. The van der Waals surface area contributed by atoms with Gasteiger partial charge in [-0.3, -0.25) is 4.79 Å². The molecule has 0 aromatic heterocycles. The Hall–Kier alpha value is -0.420. The molecular formula is C9H14ClF2NO2. The van der Waals surface area contributed by atoms with Crippen LogP contribution in [0.5, 0.6) is 0 Å². The van der Waals surface area contributed by atoms with Crippen molar-refractivity contribution in [3.63, 3.8) is 0 Å². The van der Waals surface area contributed by atoms with Gasteiger partial charge in [0.1, 0.15) is 0 Å². The first kappa shape index (κ1) is 12.6. The maximum atomic E-state index is 13.1. The number of rotatable bonds is 4. The number of likely N-dealkylation sites (tertiary alicyclic amines) is 1. The van der Waals surface area contributed by atoms with Crippen molar-refractivity contribution in [3.8, 4) is 0 Å². The summed E-state index contributed by atoms with van der Waals surface area (Å²) in [6, 6.07) is -0.527. The standard InChI is InChI=1S/C9H14ClF2NO2/c1-15-5-7-4-9(11,12)6-13(7)8(14)2-3-10/h7H,2-6H2,1H3. The molecule has 1 rings (SSSR count). The summed E-state index contributed by atoms with van der Waals surface area (Å²) < 4.78 is 31.0. The van der Waals surface area contributed by atoms with Gasteiger partial charge in [0.25, 0.3) is 5.92 Å². The van der Waals surface area contributed by atoms with Crippen LogP contribution in [0.3, 0.4) is 0 Å². The molecule has 1 heterocycles. The summed E-state index contributed by atoms with van der Waals surface area (Å²) >= 11 is 5.40. The van der Waals surface area contributed by atoms with Crippen LogP contribution in [0.2, 0.25) is 0 Å². The number of carbonyl (C=O) groups is 1. The molecule has 3 nitrogen and oxygen atoms in total. The van der Waals surface area contributed by atoms with Crippen molar-refractivity contribution < 1.29 is 18.3 Å². The first-order chi connectivity index (χ1) is 7.00. The molecule has 1 unspecified atom stereocenters.